The van der Waals surface area contributed by atoms with Crippen LogP contribution in [0.5, 0.6) is 0 Å². The maximum atomic E-state index is 3.79. The highest BCUT2D eigenvalue weighted by Crippen LogP contribution is 2.39. The molecule has 1 nitrogen and oxygen atoms in total. The highest BCUT2D eigenvalue weighted by Gasteiger charge is 2.28. The van der Waals surface area contributed by atoms with Crippen molar-refractivity contribution < 1.29 is 0 Å². The minimum atomic E-state index is 0.732. The molecule has 1 heteroatoms. The van der Waals surface area contributed by atoms with Crippen molar-refractivity contribution in [1.29, 1.82) is 0 Å². The van der Waals surface area contributed by atoms with Crippen molar-refractivity contribution in [3.05, 3.63) is 12.7 Å². The van der Waals surface area contributed by atoms with Gasteiger partial charge in [-0.2, -0.15) is 0 Å². The van der Waals surface area contributed by atoms with Crippen LogP contribution in [0.4, 0.5) is 0 Å². The van der Waals surface area contributed by atoms with Gasteiger partial charge in [0.05, 0.1) is 0 Å². The first-order valence-electron chi connectivity index (χ1n) is 7.50. The Morgan fingerprint density at radius 3 is 2.59 bits per heavy atom. The topological polar surface area (TPSA) is 3.24 Å². The molecule has 0 heterocycles. The van der Waals surface area contributed by atoms with Gasteiger partial charge in [0.25, 0.3) is 0 Å². The standard InChI is InChI=1S/C16H31N/c1-5-7-13-17(4)14(3)9-8-10-16-12-11-15(16)6-2/h5,14-16H,1,6-13H2,2-4H3. The van der Waals surface area contributed by atoms with Gasteiger partial charge in [-0.1, -0.05) is 32.3 Å². The lowest BCUT2D eigenvalue weighted by molar-refractivity contribution is 0.148. The number of hydrogen-bond donors (Lipinski definition) is 0. The third-order valence-corrected chi connectivity index (χ3v) is 4.73. The average Bonchev–Trinajstić information content (AvgIpc) is 2.30. The van der Waals surface area contributed by atoms with Crippen molar-refractivity contribution in [3.8, 4) is 0 Å². The zero-order valence-corrected chi connectivity index (χ0v) is 12.1. The summed E-state index contributed by atoms with van der Waals surface area (Å²) in [5.41, 5.74) is 0. The van der Waals surface area contributed by atoms with E-state index in [1.165, 1.54) is 38.5 Å². The first-order valence-corrected chi connectivity index (χ1v) is 7.50. The second-order valence-electron chi connectivity index (χ2n) is 5.84. The van der Waals surface area contributed by atoms with Gasteiger partial charge < -0.3 is 4.90 Å². The smallest absolute Gasteiger partial charge is 0.00640 e. The van der Waals surface area contributed by atoms with Crippen molar-refractivity contribution >= 4 is 0 Å². The molecule has 3 atom stereocenters. The van der Waals surface area contributed by atoms with E-state index in [0.717, 1.165) is 30.8 Å². The predicted molar refractivity (Wildman–Crippen MR) is 77.3 cm³/mol. The normalized spacial score (nSPS) is 25.6. The summed E-state index contributed by atoms with van der Waals surface area (Å²) in [6.45, 7) is 9.66. The molecule has 17 heavy (non-hydrogen) atoms. The van der Waals surface area contributed by atoms with Gasteiger partial charge in [0.15, 0.2) is 0 Å². The fourth-order valence-electron chi connectivity index (χ4n) is 2.97. The molecule has 0 N–H and O–H groups in total. The quantitative estimate of drug-likeness (QED) is 0.534. The summed E-state index contributed by atoms with van der Waals surface area (Å²) >= 11 is 0. The van der Waals surface area contributed by atoms with Crippen molar-refractivity contribution in [2.75, 3.05) is 13.6 Å². The van der Waals surface area contributed by atoms with Crippen LogP contribution < -0.4 is 0 Å². The van der Waals surface area contributed by atoms with Gasteiger partial charge in [-0.05, 0) is 51.5 Å². The molecule has 100 valence electrons. The van der Waals surface area contributed by atoms with E-state index in [2.05, 4.69) is 32.4 Å². The van der Waals surface area contributed by atoms with Crippen LogP contribution in [-0.4, -0.2) is 24.5 Å². The van der Waals surface area contributed by atoms with Gasteiger partial charge >= 0.3 is 0 Å². The molecule has 0 bridgehead atoms. The molecule has 1 fully saturated rings. The van der Waals surface area contributed by atoms with Crippen LogP contribution in [0.15, 0.2) is 12.7 Å². The lowest BCUT2D eigenvalue weighted by atomic mass is 9.70. The van der Waals surface area contributed by atoms with E-state index in [9.17, 15) is 0 Å². The first kappa shape index (κ1) is 14.8. The summed E-state index contributed by atoms with van der Waals surface area (Å²) in [7, 11) is 2.24. The third-order valence-electron chi connectivity index (χ3n) is 4.73. The number of rotatable bonds is 9. The lowest BCUT2D eigenvalue weighted by Gasteiger charge is -2.36. The Balaban J connectivity index is 2.07. The maximum Gasteiger partial charge on any atom is 0.00640 e. The molecule has 0 aliphatic heterocycles. The summed E-state index contributed by atoms with van der Waals surface area (Å²) < 4.78 is 0. The Labute approximate surface area is 108 Å². The fourth-order valence-corrected chi connectivity index (χ4v) is 2.97. The van der Waals surface area contributed by atoms with E-state index < -0.39 is 0 Å². The highest BCUT2D eigenvalue weighted by molar-refractivity contribution is 4.80. The minimum Gasteiger partial charge on any atom is -0.303 e. The number of hydrogen-bond acceptors (Lipinski definition) is 1. The van der Waals surface area contributed by atoms with E-state index >= 15 is 0 Å². The Morgan fingerprint density at radius 1 is 1.35 bits per heavy atom. The molecular weight excluding hydrogens is 206 g/mol. The van der Waals surface area contributed by atoms with E-state index in [4.69, 9.17) is 0 Å². The van der Waals surface area contributed by atoms with Gasteiger partial charge in [-0.3, -0.25) is 0 Å². The van der Waals surface area contributed by atoms with Crippen molar-refractivity contribution in [3.63, 3.8) is 0 Å². The molecular formula is C16H31N. The molecule has 1 saturated carbocycles. The molecule has 0 saturated heterocycles. The zero-order chi connectivity index (χ0) is 12.7. The summed E-state index contributed by atoms with van der Waals surface area (Å²) in [5.74, 6) is 2.12. The minimum absolute atomic E-state index is 0.732. The molecule has 0 aromatic carbocycles. The summed E-state index contributed by atoms with van der Waals surface area (Å²) in [5, 5.41) is 0. The Hall–Kier alpha value is -0.300. The van der Waals surface area contributed by atoms with Crippen molar-refractivity contribution in [1.82, 2.24) is 4.90 Å². The molecule has 0 aromatic rings. The summed E-state index contributed by atoms with van der Waals surface area (Å²) in [6, 6.07) is 0.732. The Morgan fingerprint density at radius 2 is 2.06 bits per heavy atom. The van der Waals surface area contributed by atoms with Gasteiger partial charge in [0.1, 0.15) is 0 Å². The van der Waals surface area contributed by atoms with Gasteiger partial charge in [0.2, 0.25) is 0 Å². The second-order valence-corrected chi connectivity index (χ2v) is 5.84. The maximum absolute atomic E-state index is 3.79. The molecule has 1 aliphatic carbocycles. The van der Waals surface area contributed by atoms with Crippen LogP contribution in [0.1, 0.15) is 58.8 Å². The van der Waals surface area contributed by atoms with Gasteiger partial charge in [-0.25, -0.2) is 0 Å². The van der Waals surface area contributed by atoms with Crippen LogP contribution in [0.2, 0.25) is 0 Å². The van der Waals surface area contributed by atoms with E-state index in [-0.39, 0.29) is 0 Å². The lowest BCUT2D eigenvalue weighted by Crippen LogP contribution is -2.30. The van der Waals surface area contributed by atoms with Crippen LogP contribution >= 0.6 is 0 Å². The summed E-state index contributed by atoms with van der Waals surface area (Å²) in [6.07, 6.45) is 11.8. The van der Waals surface area contributed by atoms with Gasteiger partial charge in [-0.15, -0.1) is 6.58 Å². The van der Waals surface area contributed by atoms with E-state index in [1.807, 2.05) is 6.08 Å². The van der Waals surface area contributed by atoms with Crippen LogP contribution in [0, 0.1) is 11.8 Å². The van der Waals surface area contributed by atoms with E-state index in [1.54, 1.807) is 0 Å². The predicted octanol–water partition coefficient (Wildman–Crippen LogP) is 4.49. The largest absolute Gasteiger partial charge is 0.303 e. The first-order chi connectivity index (χ1) is 8.19. The summed E-state index contributed by atoms with van der Waals surface area (Å²) in [4.78, 5) is 2.47. The molecule has 3 unspecified atom stereocenters. The van der Waals surface area contributed by atoms with E-state index in [0.29, 0.717) is 0 Å². The van der Waals surface area contributed by atoms with Gasteiger partial charge in [0, 0.05) is 12.6 Å². The highest BCUT2D eigenvalue weighted by atomic mass is 15.1. The fraction of sp³-hybridized carbons (Fsp3) is 0.875. The SMILES string of the molecule is C=CCCN(C)C(C)CCCC1CCC1CC. The van der Waals surface area contributed by atoms with Crippen molar-refractivity contribution in [2.45, 2.75) is 64.8 Å². The third kappa shape index (κ3) is 4.83. The molecule has 0 aromatic heterocycles. The number of nitrogens with zero attached hydrogens (tertiary/aromatic N) is 1. The molecule has 1 aliphatic rings. The second kappa shape index (κ2) is 7.92. The molecule has 0 radical (unpaired) electrons. The van der Waals surface area contributed by atoms with Crippen molar-refractivity contribution in [2.24, 2.45) is 11.8 Å². The molecule has 0 spiro atoms. The average molecular weight is 237 g/mol. The monoisotopic (exact) mass is 237 g/mol. The molecule has 0 amide bonds. The Bertz CT molecular complexity index is 210. The Kier molecular flexibility index (Phi) is 6.87. The zero-order valence-electron chi connectivity index (χ0n) is 12.1. The van der Waals surface area contributed by atoms with Crippen LogP contribution in [-0.2, 0) is 0 Å². The molecule has 1 rings (SSSR count). The van der Waals surface area contributed by atoms with Crippen LogP contribution in [0.3, 0.4) is 0 Å². The van der Waals surface area contributed by atoms with Crippen LogP contribution in [0.25, 0.3) is 0 Å².